The number of carbonyl (C=O) groups is 2. The Balaban J connectivity index is 1.02. The highest BCUT2D eigenvalue weighted by Crippen LogP contribution is 2.45. The van der Waals surface area contributed by atoms with Crippen LogP contribution in [-0.2, 0) is 16.1 Å². The van der Waals surface area contributed by atoms with Crippen LogP contribution in [-0.4, -0.2) is 39.4 Å². The monoisotopic (exact) mass is 733 g/mol. The second kappa shape index (κ2) is 17.0. The molecule has 0 saturated carbocycles. The van der Waals surface area contributed by atoms with E-state index in [1.165, 1.54) is 0 Å². The van der Waals surface area contributed by atoms with Gasteiger partial charge in [-0.05, 0) is 70.1 Å². The van der Waals surface area contributed by atoms with Crippen LogP contribution in [0.1, 0.15) is 45.3 Å². The number of hydrogen-bond donors (Lipinski definition) is 2. The average molecular weight is 734 g/mol. The Bertz CT molecular complexity index is 2200. The van der Waals surface area contributed by atoms with E-state index in [9.17, 15) is 9.59 Å². The fraction of sp³-hybridized carbons (Fsp3) is 0.174. The first-order valence-electron chi connectivity index (χ1n) is 18.1. The van der Waals surface area contributed by atoms with Gasteiger partial charge in [0.1, 0.15) is 23.9 Å². The quantitative estimate of drug-likeness (QED) is 0.108. The summed E-state index contributed by atoms with van der Waals surface area (Å²) in [6.45, 7) is 2.20. The highest BCUT2D eigenvalue weighted by atomic mass is 16.6. The van der Waals surface area contributed by atoms with Crippen molar-refractivity contribution in [3.05, 3.63) is 179 Å². The van der Waals surface area contributed by atoms with E-state index in [4.69, 9.17) is 18.9 Å². The first-order valence-corrected chi connectivity index (χ1v) is 18.1. The number of nitrogens with one attached hydrogen (secondary N) is 2. The third-order valence-electron chi connectivity index (χ3n) is 9.77. The lowest BCUT2D eigenvalue weighted by molar-refractivity contribution is -0.124. The summed E-state index contributed by atoms with van der Waals surface area (Å²) in [6.07, 6.45) is -0.519. The third-order valence-corrected chi connectivity index (χ3v) is 9.77. The van der Waals surface area contributed by atoms with Crippen molar-refractivity contribution in [2.45, 2.75) is 25.4 Å². The number of anilines is 1. The molecule has 1 aliphatic carbocycles. The minimum Gasteiger partial charge on any atom is -0.497 e. The number of hydrazine groups is 1. The molecule has 0 saturated heterocycles. The summed E-state index contributed by atoms with van der Waals surface area (Å²) in [5.74, 6) is 1.15. The number of benzene rings is 6. The molecule has 7 rings (SSSR count). The second-order valence-electron chi connectivity index (χ2n) is 13.3. The molecule has 2 N–H and O–H groups in total. The number of hydrogen-bond acceptors (Lipinski definition) is 7. The Morgan fingerprint density at radius 1 is 0.691 bits per heavy atom. The molecular weight excluding hydrogens is 691 g/mol. The lowest BCUT2D eigenvalue weighted by Gasteiger charge is -2.25. The molecule has 0 spiro atoms. The zero-order valence-corrected chi connectivity index (χ0v) is 31.0. The van der Waals surface area contributed by atoms with Gasteiger partial charge in [-0.1, -0.05) is 121 Å². The smallest absolute Gasteiger partial charge is 0.414 e. The van der Waals surface area contributed by atoms with Crippen molar-refractivity contribution in [2.75, 3.05) is 32.3 Å². The van der Waals surface area contributed by atoms with Crippen LogP contribution in [0.15, 0.2) is 146 Å². The lowest BCUT2D eigenvalue weighted by atomic mass is 9.98. The Labute approximate surface area is 321 Å². The van der Waals surface area contributed by atoms with Gasteiger partial charge in [-0.15, -0.1) is 0 Å². The zero-order valence-electron chi connectivity index (χ0n) is 31.0. The Morgan fingerprint density at radius 3 is 1.96 bits per heavy atom. The predicted molar refractivity (Wildman–Crippen MR) is 213 cm³/mol. The Hall–Kier alpha value is -6.58. The Morgan fingerprint density at radius 2 is 1.31 bits per heavy atom. The molecule has 6 aromatic carbocycles. The molecule has 1 aliphatic rings. The minimum absolute atomic E-state index is 0.0911. The highest BCUT2D eigenvalue weighted by molar-refractivity contribution is 5.90. The molecule has 2 amide bonds. The van der Waals surface area contributed by atoms with Crippen LogP contribution in [0.2, 0.25) is 0 Å². The number of amides is 2. The molecule has 0 bridgehead atoms. The topological polar surface area (TPSA) is 98.4 Å². The van der Waals surface area contributed by atoms with Gasteiger partial charge in [0.2, 0.25) is 0 Å². The summed E-state index contributed by atoms with van der Waals surface area (Å²) < 4.78 is 23.1. The largest absolute Gasteiger partial charge is 0.497 e. The van der Waals surface area contributed by atoms with Crippen molar-refractivity contribution in [3.8, 4) is 28.4 Å². The van der Waals surface area contributed by atoms with Crippen molar-refractivity contribution in [1.29, 1.82) is 0 Å². The molecule has 1 atom stereocenters. The van der Waals surface area contributed by atoms with Crippen LogP contribution in [0.5, 0.6) is 17.2 Å². The fourth-order valence-electron chi connectivity index (χ4n) is 6.90. The average Bonchev–Trinajstić information content (AvgIpc) is 3.55. The second-order valence-corrected chi connectivity index (χ2v) is 13.3. The van der Waals surface area contributed by atoms with Crippen LogP contribution in [0, 0.1) is 6.92 Å². The van der Waals surface area contributed by atoms with E-state index >= 15 is 0 Å². The third kappa shape index (κ3) is 8.48. The van der Waals surface area contributed by atoms with Crippen molar-refractivity contribution >= 4 is 17.7 Å². The molecule has 9 heteroatoms. The van der Waals surface area contributed by atoms with Crippen LogP contribution >= 0.6 is 0 Å². The molecule has 0 aromatic heterocycles. The highest BCUT2D eigenvalue weighted by Gasteiger charge is 2.30. The van der Waals surface area contributed by atoms with E-state index < -0.39 is 6.09 Å². The number of rotatable bonds is 14. The maximum absolute atomic E-state index is 14.0. The van der Waals surface area contributed by atoms with Gasteiger partial charge in [0.15, 0.2) is 6.61 Å². The number of carbonyl (C=O) groups excluding carboxylic acids is 2. The van der Waals surface area contributed by atoms with Gasteiger partial charge in [-0.2, -0.15) is 0 Å². The summed E-state index contributed by atoms with van der Waals surface area (Å²) in [5.41, 5.74) is 15.1. The number of aryl methyl sites for hydroxylation is 1. The first kappa shape index (κ1) is 36.8. The van der Waals surface area contributed by atoms with Gasteiger partial charge in [0.05, 0.1) is 32.5 Å². The van der Waals surface area contributed by atoms with Crippen molar-refractivity contribution in [3.63, 3.8) is 0 Å². The van der Waals surface area contributed by atoms with E-state index in [0.29, 0.717) is 22.9 Å². The van der Waals surface area contributed by atoms with Crippen molar-refractivity contribution in [2.24, 2.45) is 0 Å². The molecule has 9 nitrogen and oxygen atoms in total. The molecule has 0 radical (unpaired) electrons. The molecule has 1 unspecified atom stereocenters. The first-order chi connectivity index (χ1) is 26.9. The standard InChI is InChI=1S/C46H43N3O6/c1-31-17-21-34(22-18-31)45(33-11-5-4-6-12-33)48-47-44(50)30-54-35-23-19-32(20-24-35)28-49(42-26-25-36(52-2)27-43(42)53-3)46(51)55-29-41-39-15-9-7-13-37(39)38-14-8-10-16-40(38)41/h4-27,41,45,48H,28-30H2,1-3H3,(H,47,50). The normalized spacial score (nSPS) is 12.2. The van der Waals surface area contributed by atoms with E-state index in [1.807, 2.05) is 97.9 Å². The van der Waals surface area contributed by atoms with Crippen LogP contribution < -0.4 is 30.0 Å². The summed E-state index contributed by atoms with van der Waals surface area (Å²) in [6, 6.07) is 46.9. The summed E-state index contributed by atoms with van der Waals surface area (Å²) in [5, 5.41) is 0. The lowest BCUT2D eigenvalue weighted by Crippen LogP contribution is -2.42. The van der Waals surface area contributed by atoms with E-state index in [2.05, 4.69) is 35.1 Å². The van der Waals surface area contributed by atoms with Crippen LogP contribution in [0.3, 0.4) is 0 Å². The zero-order chi connectivity index (χ0) is 38.1. The predicted octanol–water partition coefficient (Wildman–Crippen LogP) is 8.76. The number of ether oxygens (including phenoxy) is 4. The van der Waals surface area contributed by atoms with E-state index in [0.717, 1.165) is 44.5 Å². The van der Waals surface area contributed by atoms with Gasteiger partial charge in [0, 0.05) is 12.0 Å². The molecule has 0 fully saturated rings. The maximum atomic E-state index is 14.0. The maximum Gasteiger partial charge on any atom is 0.414 e. The number of methoxy groups -OCH3 is 2. The molecule has 6 aromatic rings. The van der Waals surface area contributed by atoms with Gasteiger partial charge >= 0.3 is 6.09 Å². The fourth-order valence-corrected chi connectivity index (χ4v) is 6.90. The van der Waals surface area contributed by atoms with E-state index in [1.54, 1.807) is 49.5 Å². The molecule has 278 valence electrons. The van der Waals surface area contributed by atoms with Gasteiger partial charge in [0.25, 0.3) is 5.91 Å². The summed E-state index contributed by atoms with van der Waals surface area (Å²) in [4.78, 5) is 28.5. The van der Waals surface area contributed by atoms with Gasteiger partial charge in [-0.3, -0.25) is 15.1 Å². The van der Waals surface area contributed by atoms with Gasteiger partial charge in [-0.25, -0.2) is 10.2 Å². The summed E-state index contributed by atoms with van der Waals surface area (Å²) >= 11 is 0. The molecule has 55 heavy (non-hydrogen) atoms. The van der Waals surface area contributed by atoms with Crippen LogP contribution in [0.25, 0.3) is 11.1 Å². The Kier molecular flexibility index (Phi) is 11.4. The molecule has 0 heterocycles. The molecular formula is C46H43N3O6. The summed E-state index contributed by atoms with van der Waals surface area (Å²) in [7, 11) is 3.13. The van der Waals surface area contributed by atoms with Crippen molar-refractivity contribution < 1.29 is 28.5 Å². The SMILES string of the molecule is COc1ccc(N(Cc2ccc(OCC(=O)NNC(c3ccccc3)c3ccc(C)cc3)cc2)C(=O)OCC2c3ccccc3-c3ccccc32)c(OC)c1. The van der Waals surface area contributed by atoms with Crippen molar-refractivity contribution in [1.82, 2.24) is 10.9 Å². The van der Waals surface area contributed by atoms with Gasteiger partial charge < -0.3 is 18.9 Å². The molecule has 0 aliphatic heterocycles. The number of nitrogens with zero attached hydrogens (tertiary/aromatic N) is 1. The number of fused-ring (bicyclic) bond motifs is 3. The van der Waals surface area contributed by atoms with Crippen LogP contribution in [0.4, 0.5) is 10.5 Å². The minimum atomic E-state index is -0.519. The van der Waals surface area contributed by atoms with E-state index in [-0.39, 0.29) is 37.6 Å².